The van der Waals surface area contributed by atoms with Gasteiger partial charge < -0.3 is 5.73 Å². The van der Waals surface area contributed by atoms with E-state index < -0.39 is 0 Å². The van der Waals surface area contributed by atoms with Gasteiger partial charge in [-0.1, -0.05) is 27.7 Å². The largest absolute Gasteiger partial charge is 0.329 e. The summed E-state index contributed by atoms with van der Waals surface area (Å²) in [5.74, 6) is 1.91. The van der Waals surface area contributed by atoms with Gasteiger partial charge in [-0.2, -0.15) is 11.8 Å². The van der Waals surface area contributed by atoms with E-state index >= 15 is 0 Å². The van der Waals surface area contributed by atoms with Crippen LogP contribution in [0.4, 0.5) is 0 Å². The second-order valence-electron chi connectivity index (χ2n) is 5.44. The summed E-state index contributed by atoms with van der Waals surface area (Å²) >= 11 is 2.10. The molecule has 1 saturated heterocycles. The van der Waals surface area contributed by atoms with Gasteiger partial charge in [0, 0.05) is 29.6 Å². The molecule has 1 rings (SSSR count). The van der Waals surface area contributed by atoms with E-state index in [1.165, 1.54) is 25.3 Å². The molecule has 1 atom stereocenters. The Morgan fingerprint density at radius 1 is 1.33 bits per heavy atom. The van der Waals surface area contributed by atoms with Crippen molar-refractivity contribution in [2.45, 2.75) is 44.9 Å². The highest BCUT2D eigenvalue weighted by molar-refractivity contribution is 8.00. The number of nitrogens with two attached hydrogens (primary N) is 1. The van der Waals surface area contributed by atoms with Crippen molar-refractivity contribution in [3.8, 4) is 0 Å². The number of hydrogen-bond acceptors (Lipinski definition) is 3. The van der Waals surface area contributed by atoms with Crippen molar-refractivity contribution in [2.24, 2.45) is 11.7 Å². The van der Waals surface area contributed by atoms with Gasteiger partial charge in [-0.3, -0.25) is 4.90 Å². The van der Waals surface area contributed by atoms with E-state index in [4.69, 9.17) is 5.73 Å². The molecule has 0 aromatic carbocycles. The van der Waals surface area contributed by atoms with Crippen LogP contribution in [-0.4, -0.2) is 41.1 Å². The van der Waals surface area contributed by atoms with Crippen molar-refractivity contribution >= 4 is 11.8 Å². The molecule has 1 unspecified atom stereocenters. The number of thioether (sulfide) groups is 1. The van der Waals surface area contributed by atoms with Gasteiger partial charge in [0.2, 0.25) is 0 Å². The third-order valence-electron chi connectivity index (χ3n) is 3.35. The van der Waals surface area contributed by atoms with E-state index in [9.17, 15) is 0 Å². The minimum Gasteiger partial charge on any atom is -0.329 e. The van der Waals surface area contributed by atoms with Crippen molar-refractivity contribution in [2.75, 3.05) is 25.4 Å². The molecule has 0 radical (unpaired) electrons. The standard InChI is InChI=1S/C12H26N2S/c1-10(2)11(9-13)14-6-5-12(3,4)15-8-7-14/h10-11H,5-9,13H2,1-4H3. The van der Waals surface area contributed by atoms with Crippen LogP contribution in [0.2, 0.25) is 0 Å². The molecular weight excluding hydrogens is 204 g/mol. The first-order valence-corrected chi connectivity index (χ1v) is 7.03. The number of hydrogen-bond donors (Lipinski definition) is 1. The lowest BCUT2D eigenvalue weighted by Crippen LogP contribution is -2.45. The normalized spacial score (nSPS) is 25.2. The second-order valence-corrected chi connectivity index (χ2v) is 7.24. The molecule has 2 N–H and O–H groups in total. The Labute approximate surface area is 99.0 Å². The maximum Gasteiger partial charge on any atom is 0.0241 e. The molecule has 15 heavy (non-hydrogen) atoms. The van der Waals surface area contributed by atoms with Crippen LogP contribution in [0.25, 0.3) is 0 Å². The summed E-state index contributed by atoms with van der Waals surface area (Å²) in [5.41, 5.74) is 5.87. The zero-order chi connectivity index (χ0) is 11.5. The van der Waals surface area contributed by atoms with Crippen molar-refractivity contribution in [3.63, 3.8) is 0 Å². The maximum absolute atomic E-state index is 5.87. The highest BCUT2D eigenvalue weighted by atomic mass is 32.2. The van der Waals surface area contributed by atoms with Gasteiger partial charge >= 0.3 is 0 Å². The predicted octanol–water partition coefficient (Wildman–Crippen LogP) is 2.19. The third-order valence-corrected chi connectivity index (χ3v) is 4.72. The average Bonchev–Trinajstić information content (AvgIpc) is 2.28. The summed E-state index contributed by atoms with van der Waals surface area (Å²) in [5, 5.41) is 0. The number of rotatable bonds is 3. The molecule has 0 amide bonds. The van der Waals surface area contributed by atoms with Gasteiger partial charge in [-0.05, 0) is 18.9 Å². The Bertz CT molecular complexity index is 192. The van der Waals surface area contributed by atoms with Crippen LogP contribution in [-0.2, 0) is 0 Å². The van der Waals surface area contributed by atoms with Crippen LogP contribution in [0.1, 0.15) is 34.1 Å². The predicted molar refractivity (Wildman–Crippen MR) is 70.4 cm³/mol. The van der Waals surface area contributed by atoms with Gasteiger partial charge in [0.05, 0.1) is 0 Å². The molecule has 2 nitrogen and oxygen atoms in total. The molecule has 1 fully saturated rings. The molecule has 0 bridgehead atoms. The minimum atomic E-state index is 0.449. The van der Waals surface area contributed by atoms with Crippen LogP contribution < -0.4 is 5.73 Å². The molecule has 3 heteroatoms. The fourth-order valence-corrected chi connectivity index (χ4v) is 3.32. The van der Waals surface area contributed by atoms with E-state index in [0.29, 0.717) is 16.7 Å². The molecule has 1 heterocycles. The monoisotopic (exact) mass is 230 g/mol. The van der Waals surface area contributed by atoms with Gasteiger partial charge in [-0.15, -0.1) is 0 Å². The molecule has 0 aliphatic carbocycles. The molecule has 90 valence electrons. The highest BCUT2D eigenvalue weighted by Gasteiger charge is 2.27. The van der Waals surface area contributed by atoms with E-state index in [-0.39, 0.29) is 0 Å². The molecule has 0 saturated carbocycles. The Morgan fingerprint density at radius 3 is 2.53 bits per heavy atom. The van der Waals surface area contributed by atoms with Crippen molar-refractivity contribution in [1.82, 2.24) is 4.90 Å². The van der Waals surface area contributed by atoms with Gasteiger partial charge in [0.15, 0.2) is 0 Å². The van der Waals surface area contributed by atoms with Gasteiger partial charge in [-0.25, -0.2) is 0 Å². The smallest absolute Gasteiger partial charge is 0.0241 e. The van der Waals surface area contributed by atoms with Crippen LogP contribution in [0, 0.1) is 5.92 Å². The quantitative estimate of drug-likeness (QED) is 0.806. The third kappa shape index (κ3) is 3.97. The molecular formula is C12H26N2S. The summed E-state index contributed by atoms with van der Waals surface area (Å²) in [4.78, 5) is 2.59. The molecule has 1 aliphatic heterocycles. The van der Waals surface area contributed by atoms with E-state index in [2.05, 4.69) is 44.4 Å². The lowest BCUT2D eigenvalue weighted by atomic mass is 10.0. The van der Waals surface area contributed by atoms with Crippen LogP contribution in [0.5, 0.6) is 0 Å². The number of nitrogens with zero attached hydrogens (tertiary/aromatic N) is 1. The lowest BCUT2D eigenvalue weighted by molar-refractivity contribution is 0.167. The summed E-state index contributed by atoms with van der Waals surface area (Å²) in [6.07, 6.45) is 1.28. The average molecular weight is 230 g/mol. The Kier molecular flexibility index (Phi) is 4.94. The highest BCUT2D eigenvalue weighted by Crippen LogP contribution is 2.31. The fraction of sp³-hybridized carbons (Fsp3) is 1.00. The Hall–Kier alpha value is 0.270. The SMILES string of the molecule is CC(C)C(CN)N1CCSC(C)(C)CC1. The second kappa shape index (κ2) is 5.55. The summed E-state index contributed by atoms with van der Waals surface area (Å²) in [6, 6.07) is 0.569. The first kappa shape index (κ1) is 13.3. The van der Waals surface area contributed by atoms with Crippen LogP contribution in [0.3, 0.4) is 0 Å². The zero-order valence-electron chi connectivity index (χ0n) is 10.6. The Balaban J connectivity index is 2.56. The lowest BCUT2D eigenvalue weighted by Gasteiger charge is -2.32. The topological polar surface area (TPSA) is 29.3 Å². The molecule has 0 aromatic heterocycles. The Morgan fingerprint density at radius 2 is 2.00 bits per heavy atom. The van der Waals surface area contributed by atoms with E-state index in [1.807, 2.05) is 0 Å². The van der Waals surface area contributed by atoms with Gasteiger partial charge in [0.1, 0.15) is 0 Å². The van der Waals surface area contributed by atoms with Crippen LogP contribution in [0.15, 0.2) is 0 Å². The summed E-state index contributed by atoms with van der Waals surface area (Å²) < 4.78 is 0.449. The summed E-state index contributed by atoms with van der Waals surface area (Å²) in [6.45, 7) is 12.5. The first-order valence-electron chi connectivity index (χ1n) is 6.04. The molecule has 0 aromatic rings. The fourth-order valence-electron chi connectivity index (χ4n) is 2.21. The summed E-state index contributed by atoms with van der Waals surface area (Å²) in [7, 11) is 0. The van der Waals surface area contributed by atoms with E-state index in [1.54, 1.807) is 0 Å². The maximum atomic E-state index is 5.87. The molecule has 0 spiro atoms. The zero-order valence-corrected chi connectivity index (χ0v) is 11.4. The first-order chi connectivity index (χ1) is 6.96. The van der Waals surface area contributed by atoms with Crippen molar-refractivity contribution < 1.29 is 0 Å². The molecule has 1 aliphatic rings. The minimum absolute atomic E-state index is 0.449. The van der Waals surface area contributed by atoms with Crippen molar-refractivity contribution in [1.29, 1.82) is 0 Å². The van der Waals surface area contributed by atoms with Gasteiger partial charge in [0.25, 0.3) is 0 Å². The van der Waals surface area contributed by atoms with Crippen molar-refractivity contribution in [3.05, 3.63) is 0 Å². The van der Waals surface area contributed by atoms with E-state index in [0.717, 1.165) is 6.54 Å². The van der Waals surface area contributed by atoms with Crippen LogP contribution >= 0.6 is 11.8 Å².